The van der Waals surface area contributed by atoms with E-state index in [4.69, 9.17) is 4.74 Å². The van der Waals surface area contributed by atoms with Crippen LogP contribution < -0.4 is 4.74 Å². The predicted molar refractivity (Wildman–Crippen MR) is 109 cm³/mol. The second kappa shape index (κ2) is 7.96. The fraction of sp³-hybridized carbons (Fsp3) is 0.524. The van der Waals surface area contributed by atoms with Crippen LogP contribution in [0.15, 0.2) is 41.4 Å². The third kappa shape index (κ3) is 4.33. The quantitative estimate of drug-likeness (QED) is 0.672. The molecule has 11 heteroatoms. The summed E-state index contributed by atoms with van der Waals surface area (Å²) in [6.45, 7) is 1.79. The molecule has 7 nitrogen and oxygen atoms in total. The molecule has 0 unspecified atom stereocenters. The number of ether oxygens (including phenoxy) is 1. The number of halogens is 3. The van der Waals surface area contributed by atoms with Gasteiger partial charge in [0.1, 0.15) is 11.9 Å². The highest BCUT2D eigenvalue weighted by Gasteiger charge is 2.41. The van der Waals surface area contributed by atoms with Crippen molar-refractivity contribution in [3.05, 3.63) is 47.9 Å². The lowest BCUT2D eigenvalue weighted by atomic mass is 10.2. The van der Waals surface area contributed by atoms with Gasteiger partial charge in [0.25, 0.3) is 0 Å². The van der Waals surface area contributed by atoms with Gasteiger partial charge in [-0.3, -0.25) is 4.90 Å². The van der Waals surface area contributed by atoms with Gasteiger partial charge in [-0.2, -0.15) is 22.5 Å². The monoisotopic (exact) mass is 468 g/mol. The molecule has 0 amide bonds. The summed E-state index contributed by atoms with van der Waals surface area (Å²) in [6.07, 6.45) is -0.0395. The Kier molecular flexibility index (Phi) is 5.37. The molecule has 3 heterocycles. The summed E-state index contributed by atoms with van der Waals surface area (Å²) in [7, 11) is -3.87. The number of nitrogens with zero attached hydrogens (tertiary/aromatic N) is 4. The standard InChI is InChI=1S/C21H23F3N4O3S/c22-21(23,24)15-3-5-18(6-4-15)32(29,30)28-10-9-27-13-17(11-16(27)12-28)31-19-7-8-25-20(26-19)14-1-2-14/h3-8,14,16-17H,1-2,9-13H2/t16-,17-/m0/s1. The first-order valence-corrected chi connectivity index (χ1v) is 12.1. The number of fused-ring (bicyclic) bond motifs is 1. The van der Waals surface area contributed by atoms with E-state index in [2.05, 4.69) is 14.9 Å². The Labute approximate surface area is 184 Å². The molecule has 1 aromatic heterocycles. The van der Waals surface area contributed by atoms with Crippen molar-refractivity contribution in [1.82, 2.24) is 19.2 Å². The summed E-state index contributed by atoms with van der Waals surface area (Å²) in [5.74, 6) is 1.78. The van der Waals surface area contributed by atoms with E-state index in [9.17, 15) is 21.6 Å². The number of benzene rings is 1. The van der Waals surface area contributed by atoms with Gasteiger partial charge >= 0.3 is 6.18 Å². The molecular weight excluding hydrogens is 445 g/mol. The summed E-state index contributed by atoms with van der Waals surface area (Å²) in [4.78, 5) is 10.9. The number of sulfonamides is 1. The lowest BCUT2D eigenvalue weighted by molar-refractivity contribution is -0.137. The van der Waals surface area contributed by atoms with Crippen LogP contribution in [0.5, 0.6) is 5.88 Å². The van der Waals surface area contributed by atoms with Gasteiger partial charge in [0, 0.05) is 56.8 Å². The summed E-state index contributed by atoms with van der Waals surface area (Å²) >= 11 is 0. The maximum absolute atomic E-state index is 13.0. The lowest BCUT2D eigenvalue weighted by Gasteiger charge is -2.36. The largest absolute Gasteiger partial charge is 0.473 e. The summed E-state index contributed by atoms with van der Waals surface area (Å²) in [5.41, 5.74) is -0.869. The van der Waals surface area contributed by atoms with Crippen molar-refractivity contribution in [3.63, 3.8) is 0 Å². The van der Waals surface area contributed by atoms with Gasteiger partial charge in [0.2, 0.25) is 15.9 Å². The Bertz CT molecular complexity index is 1090. The van der Waals surface area contributed by atoms with Crippen LogP contribution in [-0.4, -0.2) is 65.9 Å². The first kappa shape index (κ1) is 21.6. The zero-order valence-corrected chi connectivity index (χ0v) is 18.0. The van der Waals surface area contributed by atoms with E-state index in [-0.39, 0.29) is 30.1 Å². The smallest absolute Gasteiger partial charge is 0.416 e. The zero-order chi connectivity index (χ0) is 22.5. The Morgan fingerprint density at radius 2 is 1.78 bits per heavy atom. The molecule has 0 N–H and O–H groups in total. The highest BCUT2D eigenvalue weighted by Crippen LogP contribution is 2.38. The van der Waals surface area contributed by atoms with Crippen LogP contribution in [0.4, 0.5) is 13.2 Å². The molecule has 0 spiro atoms. The van der Waals surface area contributed by atoms with Crippen molar-refractivity contribution in [2.24, 2.45) is 0 Å². The molecule has 2 aliphatic heterocycles. The average molecular weight is 469 g/mol. The summed E-state index contributed by atoms with van der Waals surface area (Å²) in [5, 5.41) is 0. The van der Waals surface area contributed by atoms with E-state index in [0.29, 0.717) is 31.3 Å². The minimum Gasteiger partial charge on any atom is -0.473 e. The average Bonchev–Trinajstić information content (AvgIpc) is 3.53. The van der Waals surface area contributed by atoms with E-state index in [1.54, 1.807) is 12.3 Å². The second-order valence-electron chi connectivity index (χ2n) is 8.54. The van der Waals surface area contributed by atoms with Crippen LogP contribution in [0.1, 0.15) is 36.6 Å². The van der Waals surface area contributed by atoms with Crippen molar-refractivity contribution in [2.75, 3.05) is 26.2 Å². The van der Waals surface area contributed by atoms with Crippen LogP contribution in [0, 0.1) is 0 Å². The highest BCUT2D eigenvalue weighted by atomic mass is 32.2. The molecule has 2 saturated heterocycles. The molecule has 5 rings (SSSR count). The van der Waals surface area contributed by atoms with Crippen molar-refractivity contribution < 1.29 is 26.3 Å². The van der Waals surface area contributed by atoms with Crippen LogP contribution in [0.25, 0.3) is 0 Å². The first-order valence-electron chi connectivity index (χ1n) is 10.6. The van der Waals surface area contributed by atoms with Crippen molar-refractivity contribution in [3.8, 4) is 5.88 Å². The van der Waals surface area contributed by atoms with E-state index >= 15 is 0 Å². The van der Waals surface area contributed by atoms with Gasteiger partial charge in [0.15, 0.2) is 0 Å². The van der Waals surface area contributed by atoms with Crippen LogP contribution in [-0.2, 0) is 16.2 Å². The van der Waals surface area contributed by atoms with Crippen molar-refractivity contribution in [2.45, 2.75) is 48.4 Å². The molecule has 0 bridgehead atoms. The molecule has 3 aliphatic rings. The molecule has 1 saturated carbocycles. The number of piperazine rings is 1. The van der Waals surface area contributed by atoms with Crippen LogP contribution >= 0.6 is 0 Å². The Balaban J connectivity index is 1.24. The minimum atomic E-state index is -4.50. The maximum Gasteiger partial charge on any atom is 0.416 e. The molecule has 2 atom stereocenters. The number of rotatable bonds is 5. The Hall–Kier alpha value is -2.24. The van der Waals surface area contributed by atoms with Gasteiger partial charge < -0.3 is 4.74 Å². The van der Waals surface area contributed by atoms with Gasteiger partial charge in [-0.1, -0.05) is 0 Å². The molecule has 0 radical (unpaired) electrons. The highest BCUT2D eigenvalue weighted by molar-refractivity contribution is 7.89. The van der Waals surface area contributed by atoms with Gasteiger partial charge in [-0.25, -0.2) is 13.4 Å². The predicted octanol–water partition coefficient (Wildman–Crippen LogP) is 2.90. The molecule has 1 aromatic carbocycles. The zero-order valence-electron chi connectivity index (χ0n) is 17.2. The summed E-state index contributed by atoms with van der Waals surface area (Å²) < 4.78 is 71.8. The normalized spacial score (nSPS) is 25.0. The molecule has 3 fully saturated rings. The Morgan fingerprint density at radius 3 is 2.47 bits per heavy atom. The van der Waals surface area contributed by atoms with E-state index in [1.807, 2.05) is 0 Å². The molecule has 1 aliphatic carbocycles. The minimum absolute atomic E-state index is 0.0114. The third-order valence-electron chi connectivity index (χ3n) is 6.24. The summed E-state index contributed by atoms with van der Waals surface area (Å²) in [6, 6.07) is 5.39. The van der Waals surface area contributed by atoms with Gasteiger partial charge in [0.05, 0.1) is 10.5 Å². The lowest BCUT2D eigenvalue weighted by Crippen LogP contribution is -2.51. The SMILES string of the molecule is O=S(=O)(c1ccc(C(F)(F)F)cc1)N1CCN2C[C@@H](Oc3ccnc(C4CC4)n3)C[C@H]2C1. The maximum atomic E-state index is 13.0. The Morgan fingerprint density at radius 1 is 1.03 bits per heavy atom. The number of hydrogen-bond donors (Lipinski definition) is 0. The third-order valence-corrected chi connectivity index (χ3v) is 8.12. The molecule has 2 aromatic rings. The van der Waals surface area contributed by atoms with Gasteiger partial charge in [-0.15, -0.1) is 0 Å². The fourth-order valence-electron chi connectivity index (χ4n) is 4.37. The van der Waals surface area contributed by atoms with Crippen molar-refractivity contribution >= 4 is 10.0 Å². The second-order valence-corrected chi connectivity index (χ2v) is 10.5. The molecule has 172 valence electrons. The number of alkyl halides is 3. The van der Waals surface area contributed by atoms with Crippen LogP contribution in [0.3, 0.4) is 0 Å². The van der Waals surface area contributed by atoms with Gasteiger partial charge in [-0.05, 0) is 37.1 Å². The number of hydrogen-bond acceptors (Lipinski definition) is 6. The van der Waals surface area contributed by atoms with Crippen molar-refractivity contribution in [1.29, 1.82) is 0 Å². The van der Waals surface area contributed by atoms with E-state index in [0.717, 1.165) is 42.9 Å². The van der Waals surface area contributed by atoms with E-state index < -0.39 is 21.8 Å². The first-order chi connectivity index (χ1) is 15.2. The fourth-order valence-corrected chi connectivity index (χ4v) is 5.84. The molecule has 32 heavy (non-hydrogen) atoms. The topological polar surface area (TPSA) is 75.6 Å². The van der Waals surface area contributed by atoms with E-state index in [1.165, 1.54) is 4.31 Å². The van der Waals surface area contributed by atoms with Crippen LogP contribution in [0.2, 0.25) is 0 Å². The number of aromatic nitrogens is 2. The molecular formula is C21H23F3N4O3S.